The Morgan fingerprint density at radius 3 is 2.25 bits per heavy atom. The largest absolute Gasteiger partial charge is 0.218 e. The quantitative estimate of drug-likeness (QED) is 0.838. The Morgan fingerprint density at radius 1 is 1.12 bits per heavy atom. The fraction of sp³-hybridized carbons (Fsp3) is 0.0909. The molecule has 0 saturated carbocycles. The lowest BCUT2D eigenvalue weighted by atomic mass is 10.4. The van der Waals surface area contributed by atoms with Crippen LogP contribution >= 0.6 is 22.9 Å². The minimum Gasteiger partial charge on any atom is -0.218 e. The van der Waals surface area contributed by atoms with Crippen molar-refractivity contribution in [3.05, 3.63) is 45.6 Å². The summed E-state index contributed by atoms with van der Waals surface area (Å²) in [6, 6.07) is 6.20. The molecule has 0 unspecified atom stereocenters. The maximum Gasteiger partial charge on any atom is 0.207 e. The Balaban J connectivity index is 2.56. The van der Waals surface area contributed by atoms with Crippen molar-refractivity contribution >= 4 is 32.8 Å². The molecule has 0 spiro atoms. The van der Waals surface area contributed by atoms with Gasteiger partial charge in [0.15, 0.2) is 0 Å². The third-order valence-corrected chi connectivity index (χ3v) is 5.40. The molecule has 0 aliphatic carbocycles. The van der Waals surface area contributed by atoms with Gasteiger partial charge in [0.25, 0.3) is 0 Å². The maximum absolute atomic E-state index is 12.2. The molecule has 1 aromatic carbocycles. The molecule has 5 heteroatoms. The number of rotatable bonds is 2. The van der Waals surface area contributed by atoms with Crippen molar-refractivity contribution in [1.29, 1.82) is 0 Å². The summed E-state index contributed by atoms with van der Waals surface area (Å²) in [7, 11) is -3.39. The van der Waals surface area contributed by atoms with Gasteiger partial charge in [-0.15, -0.1) is 0 Å². The van der Waals surface area contributed by atoms with Crippen LogP contribution in [0.25, 0.3) is 0 Å². The predicted octanol–water partition coefficient (Wildman–Crippen LogP) is 3.54. The summed E-state index contributed by atoms with van der Waals surface area (Å²) in [6.07, 6.45) is 0. The molecule has 0 aliphatic heterocycles. The van der Waals surface area contributed by atoms with Crippen LogP contribution in [-0.4, -0.2) is 8.42 Å². The van der Waals surface area contributed by atoms with E-state index >= 15 is 0 Å². The van der Waals surface area contributed by atoms with Crippen molar-refractivity contribution < 1.29 is 8.42 Å². The molecule has 0 amide bonds. The highest BCUT2D eigenvalue weighted by Crippen LogP contribution is 2.27. The summed E-state index contributed by atoms with van der Waals surface area (Å²) in [5.41, 5.74) is 0.778. The smallest absolute Gasteiger partial charge is 0.207 e. The molecular formula is C11H9ClO2S2. The molecule has 0 aliphatic rings. The zero-order valence-corrected chi connectivity index (χ0v) is 10.9. The molecular weight excluding hydrogens is 264 g/mol. The van der Waals surface area contributed by atoms with Crippen molar-refractivity contribution in [2.75, 3.05) is 0 Å². The van der Waals surface area contributed by atoms with E-state index in [9.17, 15) is 8.42 Å². The van der Waals surface area contributed by atoms with Crippen LogP contribution in [-0.2, 0) is 9.84 Å². The lowest BCUT2D eigenvalue weighted by Gasteiger charge is -2.03. The highest BCUT2D eigenvalue weighted by atomic mass is 35.5. The highest BCUT2D eigenvalue weighted by molar-refractivity contribution is 7.91. The third-order valence-electron chi connectivity index (χ3n) is 2.22. The minimum absolute atomic E-state index is 0.276. The Morgan fingerprint density at radius 2 is 1.75 bits per heavy atom. The molecule has 1 aromatic heterocycles. The van der Waals surface area contributed by atoms with Crippen molar-refractivity contribution in [2.24, 2.45) is 0 Å². The molecule has 0 fully saturated rings. The summed E-state index contributed by atoms with van der Waals surface area (Å²) >= 11 is 7.11. The average Bonchev–Trinajstić information content (AvgIpc) is 2.66. The molecule has 0 saturated heterocycles. The number of sulfone groups is 1. The van der Waals surface area contributed by atoms with E-state index in [0.29, 0.717) is 9.92 Å². The first-order chi connectivity index (χ1) is 7.51. The van der Waals surface area contributed by atoms with Gasteiger partial charge < -0.3 is 0 Å². The zero-order chi connectivity index (χ0) is 11.8. The van der Waals surface area contributed by atoms with E-state index in [4.69, 9.17) is 11.6 Å². The lowest BCUT2D eigenvalue weighted by molar-refractivity contribution is 0.596. The van der Waals surface area contributed by atoms with Gasteiger partial charge >= 0.3 is 0 Å². The molecule has 0 atom stereocenters. The zero-order valence-electron chi connectivity index (χ0n) is 8.48. The van der Waals surface area contributed by atoms with Gasteiger partial charge in [-0.25, -0.2) is 8.42 Å². The van der Waals surface area contributed by atoms with E-state index in [1.54, 1.807) is 24.4 Å². The molecule has 0 radical (unpaired) electrons. The van der Waals surface area contributed by atoms with E-state index < -0.39 is 9.84 Å². The number of hydrogen-bond donors (Lipinski definition) is 0. The van der Waals surface area contributed by atoms with E-state index in [1.165, 1.54) is 23.5 Å². The summed E-state index contributed by atoms with van der Waals surface area (Å²) in [5, 5.41) is 4.00. The number of aryl methyl sites for hydroxylation is 1. The second-order valence-electron chi connectivity index (χ2n) is 3.38. The van der Waals surface area contributed by atoms with Crippen molar-refractivity contribution in [1.82, 2.24) is 0 Å². The SMILES string of the molecule is Cc1cscc1S(=O)(=O)c1ccc(Cl)cc1. The van der Waals surface area contributed by atoms with Gasteiger partial charge in [0.05, 0.1) is 9.79 Å². The Hall–Kier alpha value is -0.840. The summed E-state index contributed by atoms with van der Waals surface area (Å²) in [5.74, 6) is 0. The lowest BCUT2D eigenvalue weighted by Crippen LogP contribution is -2.01. The van der Waals surface area contributed by atoms with Crippen LogP contribution in [0.3, 0.4) is 0 Å². The first kappa shape index (κ1) is 11.6. The van der Waals surface area contributed by atoms with Crippen LogP contribution in [0.4, 0.5) is 0 Å². The van der Waals surface area contributed by atoms with Gasteiger partial charge in [0, 0.05) is 10.4 Å². The van der Waals surface area contributed by atoms with E-state index in [1.807, 2.05) is 5.38 Å². The topological polar surface area (TPSA) is 34.1 Å². The monoisotopic (exact) mass is 272 g/mol. The third kappa shape index (κ3) is 2.00. The fourth-order valence-electron chi connectivity index (χ4n) is 1.36. The van der Waals surface area contributed by atoms with Crippen molar-refractivity contribution in [3.8, 4) is 0 Å². The van der Waals surface area contributed by atoms with Crippen molar-refractivity contribution in [3.63, 3.8) is 0 Å². The maximum atomic E-state index is 12.2. The summed E-state index contributed by atoms with van der Waals surface area (Å²) in [4.78, 5) is 0.651. The van der Waals surface area contributed by atoms with Crippen LogP contribution in [0.1, 0.15) is 5.56 Å². The van der Waals surface area contributed by atoms with Crippen LogP contribution in [0.15, 0.2) is 44.8 Å². The first-order valence-electron chi connectivity index (χ1n) is 4.55. The molecule has 2 nitrogen and oxygen atoms in total. The van der Waals surface area contributed by atoms with Crippen LogP contribution in [0.2, 0.25) is 5.02 Å². The molecule has 2 rings (SSSR count). The molecule has 0 N–H and O–H groups in total. The van der Waals surface area contributed by atoms with Crippen molar-refractivity contribution in [2.45, 2.75) is 16.7 Å². The number of hydrogen-bond acceptors (Lipinski definition) is 3. The van der Waals surface area contributed by atoms with Gasteiger partial charge in [0.2, 0.25) is 9.84 Å². The molecule has 0 bridgehead atoms. The van der Waals surface area contributed by atoms with Gasteiger partial charge in [0.1, 0.15) is 0 Å². The van der Waals surface area contributed by atoms with Gasteiger partial charge in [-0.2, -0.15) is 11.3 Å². The Bertz CT molecular complexity index is 597. The predicted molar refractivity (Wildman–Crippen MR) is 66.0 cm³/mol. The Labute approximate surface area is 103 Å². The molecule has 16 heavy (non-hydrogen) atoms. The van der Waals surface area contributed by atoms with E-state index in [0.717, 1.165) is 5.56 Å². The van der Waals surface area contributed by atoms with E-state index in [2.05, 4.69) is 0 Å². The second-order valence-corrected chi connectivity index (χ2v) is 6.47. The average molecular weight is 273 g/mol. The number of halogens is 1. The fourth-order valence-corrected chi connectivity index (χ4v) is 4.18. The Kier molecular flexibility index (Phi) is 3.06. The minimum atomic E-state index is -3.39. The summed E-state index contributed by atoms with van der Waals surface area (Å²) in [6.45, 7) is 1.79. The van der Waals surface area contributed by atoms with Crippen LogP contribution < -0.4 is 0 Å². The number of benzene rings is 1. The van der Waals surface area contributed by atoms with Crippen LogP contribution in [0, 0.1) is 6.92 Å². The summed E-state index contributed by atoms with van der Waals surface area (Å²) < 4.78 is 24.4. The first-order valence-corrected chi connectivity index (χ1v) is 7.35. The normalized spacial score (nSPS) is 11.6. The van der Waals surface area contributed by atoms with Crippen LogP contribution in [0.5, 0.6) is 0 Å². The molecule has 2 aromatic rings. The van der Waals surface area contributed by atoms with E-state index in [-0.39, 0.29) is 4.90 Å². The second kappa shape index (κ2) is 4.20. The number of thiophene rings is 1. The molecule has 84 valence electrons. The highest BCUT2D eigenvalue weighted by Gasteiger charge is 2.20. The van der Waals surface area contributed by atoms with Gasteiger partial charge in [-0.05, 0) is 42.1 Å². The van der Waals surface area contributed by atoms with Gasteiger partial charge in [-0.1, -0.05) is 11.6 Å². The standard InChI is InChI=1S/C11H9ClO2S2/c1-8-6-15-7-11(8)16(13,14)10-4-2-9(12)3-5-10/h2-7H,1H3. The van der Waals surface area contributed by atoms with Gasteiger partial charge in [-0.3, -0.25) is 0 Å². The molecule has 1 heterocycles.